The molecule has 0 N–H and O–H groups in total. The number of hydrogen-bond acceptors (Lipinski definition) is 2. The van der Waals surface area contributed by atoms with Crippen LogP contribution in [-0.4, -0.2) is 5.78 Å². The Bertz CT molecular complexity index is 611. The molecule has 0 fully saturated rings. The first-order valence-corrected chi connectivity index (χ1v) is 6.27. The molecule has 0 spiro atoms. The van der Waals surface area contributed by atoms with Crippen LogP contribution in [0.25, 0.3) is 0 Å². The summed E-state index contributed by atoms with van der Waals surface area (Å²) in [6, 6.07) is 16.4. The Morgan fingerprint density at radius 1 is 1.11 bits per heavy atom. The smallest absolute Gasteiger partial charge is 0.167 e. The maximum Gasteiger partial charge on any atom is 0.167 e. The Hall–Kier alpha value is -1.92. The second-order valence-corrected chi connectivity index (χ2v) is 4.73. The van der Waals surface area contributed by atoms with Gasteiger partial charge in [0.15, 0.2) is 5.78 Å². The van der Waals surface area contributed by atoms with Gasteiger partial charge in [0.05, 0.1) is 11.6 Å². The molecule has 0 radical (unpaired) electrons. The lowest BCUT2D eigenvalue weighted by Crippen LogP contribution is -2.03. The zero-order chi connectivity index (χ0) is 13.0. The van der Waals surface area contributed by atoms with Crippen molar-refractivity contribution in [1.29, 1.82) is 5.26 Å². The predicted octanol–water partition coefficient (Wildman–Crippen LogP) is 3.75. The van der Waals surface area contributed by atoms with Crippen molar-refractivity contribution in [3.63, 3.8) is 0 Å². The number of carbonyl (C=O) groups excluding carboxylic acids is 1. The second kappa shape index (κ2) is 5.61. The van der Waals surface area contributed by atoms with Gasteiger partial charge in [-0.25, -0.2) is 0 Å². The maximum absolute atomic E-state index is 12.1. The van der Waals surface area contributed by atoms with Crippen LogP contribution in [0.2, 0.25) is 0 Å². The van der Waals surface area contributed by atoms with E-state index in [0.717, 1.165) is 10.0 Å². The lowest BCUT2D eigenvalue weighted by molar-refractivity contribution is 0.0993. The first-order valence-electron chi connectivity index (χ1n) is 5.47. The van der Waals surface area contributed by atoms with E-state index in [0.29, 0.717) is 17.5 Å². The molecule has 2 aromatic carbocycles. The molecule has 3 heteroatoms. The van der Waals surface area contributed by atoms with Crippen molar-refractivity contribution < 1.29 is 4.79 Å². The van der Waals surface area contributed by atoms with E-state index in [1.807, 2.05) is 30.3 Å². The van der Waals surface area contributed by atoms with Gasteiger partial charge in [-0.2, -0.15) is 5.26 Å². The first kappa shape index (κ1) is 12.5. The lowest BCUT2D eigenvalue weighted by Gasteiger charge is -2.04. The Kier molecular flexibility index (Phi) is 3.91. The van der Waals surface area contributed by atoms with E-state index in [9.17, 15) is 4.79 Å². The summed E-state index contributed by atoms with van der Waals surface area (Å²) in [5.74, 6) is 0.0476. The number of benzene rings is 2. The molecule has 0 aliphatic rings. The molecular weight excluding hydrogens is 290 g/mol. The monoisotopic (exact) mass is 299 g/mol. The van der Waals surface area contributed by atoms with Crippen LogP contribution in [0.4, 0.5) is 0 Å². The van der Waals surface area contributed by atoms with Gasteiger partial charge in [-0.3, -0.25) is 4.79 Å². The Balaban J connectivity index is 2.17. The highest BCUT2D eigenvalue weighted by atomic mass is 79.9. The van der Waals surface area contributed by atoms with Crippen LogP contribution in [0, 0.1) is 11.3 Å². The van der Waals surface area contributed by atoms with Crippen LogP contribution < -0.4 is 0 Å². The summed E-state index contributed by atoms with van der Waals surface area (Å²) in [6.45, 7) is 0. The molecule has 2 nitrogen and oxygen atoms in total. The van der Waals surface area contributed by atoms with Crippen molar-refractivity contribution in [3.05, 3.63) is 69.7 Å². The highest BCUT2D eigenvalue weighted by Crippen LogP contribution is 2.18. The minimum Gasteiger partial charge on any atom is -0.294 e. The number of halogens is 1. The summed E-state index contributed by atoms with van der Waals surface area (Å²) in [6.07, 6.45) is 0.354. The largest absolute Gasteiger partial charge is 0.294 e. The summed E-state index contributed by atoms with van der Waals surface area (Å²) >= 11 is 3.42. The van der Waals surface area contributed by atoms with Gasteiger partial charge in [-0.05, 0) is 23.8 Å². The molecule has 0 unspecified atom stereocenters. The number of nitrogens with zero attached hydrogens (tertiary/aromatic N) is 1. The van der Waals surface area contributed by atoms with Gasteiger partial charge >= 0.3 is 0 Å². The number of rotatable bonds is 3. The van der Waals surface area contributed by atoms with Crippen LogP contribution in [0.15, 0.2) is 53.0 Å². The molecular formula is C15H10BrNO. The Labute approximate surface area is 114 Å². The molecule has 0 atom stereocenters. The fourth-order valence-corrected chi connectivity index (χ4v) is 2.07. The number of nitriles is 1. The SMILES string of the molecule is N#Cc1ccc(C(=O)Cc2ccccc2Br)cc1. The first-order chi connectivity index (χ1) is 8.70. The molecule has 2 aromatic rings. The molecule has 0 bridgehead atoms. The van der Waals surface area contributed by atoms with Crippen molar-refractivity contribution in [2.24, 2.45) is 0 Å². The van der Waals surface area contributed by atoms with E-state index in [2.05, 4.69) is 15.9 Å². The van der Waals surface area contributed by atoms with Gasteiger partial charge in [-0.15, -0.1) is 0 Å². The summed E-state index contributed by atoms with van der Waals surface area (Å²) in [4.78, 5) is 12.1. The van der Waals surface area contributed by atoms with Crippen LogP contribution in [0.1, 0.15) is 21.5 Å². The Morgan fingerprint density at radius 2 is 1.78 bits per heavy atom. The van der Waals surface area contributed by atoms with E-state index in [1.165, 1.54) is 0 Å². The highest BCUT2D eigenvalue weighted by Gasteiger charge is 2.08. The lowest BCUT2D eigenvalue weighted by atomic mass is 10.0. The van der Waals surface area contributed by atoms with E-state index >= 15 is 0 Å². The number of ketones is 1. The molecule has 0 aliphatic heterocycles. The summed E-state index contributed by atoms with van der Waals surface area (Å²) in [5.41, 5.74) is 2.16. The third-order valence-corrected chi connectivity index (χ3v) is 3.42. The molecule has 0 saturated heterocycles. The van der Waals surface area contributed by atoms with Gasteiger partial charge in [0.1, 0.15) is 0 Å². The van der Waals surface area contributed by atoms with E-state index < -0.39 is 0 Å². The second-order valence-electron chi connectivity index (χ2n) is 3.88. The van der Waals surface area contributed by atoms with Gasteiger partial charge < -0.3 is 0 Å². The Morgan fingerprint density at radius 3 is 2.39 bits per heavy atom. The fourth-order valence-electron chi connectivity index (χ4n) is 1.65. The minimum atomic E-state index is 0.0476. The van der Waals surface area contributed by atoms with Crippen molar-refractivity contribution in [1.82, 2.24) is 0 Å². The number of carbonyl (C=O) groups is 1. The number of Topliss-reactive ketones (excluding diaryl/α,β-unsaturated/α-hetero) is 1. The van der Waals surface area contributed by atoms with Crippen molar-refractivity contribution in [2.75, 3.05) is 0 Å². The summed E-state index contributed by atoms with van der Waals surface area (Å²) < 4.78 is 0.937. The van der Waals surface area contributed by atoms with Crippen molar-refractivity contribution >= 4 is 21.7 Å². The standard InChI is InChI=1S/C15H10BrNO/c16-14-4-2-1-3-13(14)9-15(18)12-7-5-11(10-17)6-8-12/h1-8H,9H2. The van der Waals surface area contributed by atoms with E-state index in [-0.39, 0.29) is 5.78 Å². The summed E-state index contributed by atoms with van der Waals surface area (Å²) in [7, 11) is 0. The van der Waals surface area contributed by atoms with Gasteiger partial charge in [0.2, 0.25) is 0 Å². The minimum absolute atomic E-state index is 0.0476. The van der Waals surface area contributed by atoms with Crippen LogP contribution in [-0.2, 0) is 6.42 Å². The van der Waals surface area contributed by atoms with Gasteiger partial charge in [-0.1, -0.05) is 46.3 Å². The molecule has 0 saturated carbocycles. The number of hydrogen-bond donors (Lipinski definition) is 0. The topological polar surface area (TPSA) is 40.9 Å². The van der Waals surface area contributed by atoms with Crippen molar-refractivity contribution in [3.8, 4) is 6.07 Å². The third kappa shape index (κ3) is 2.85. The fraction of sp³-hybridized carbons (Fsp3) is 0.0667. The average molecular weight is 300 g/mol. The van der Waals surface area contributed by atoms with Gasteiger partial charge in [0, 0.05) is 16.5 Å². The molecule has 88 valence electrons. The van der Waals surface area contributed by atoms with Gasteiger partial charge in [0.25, 0.3) is 0 Å². The summed E-state index contributed by atoms with van der Waals surface area (Å²) in [5, 5.41) is 8.70. The normalized spacial score (nSPS) is 9.78. The molecule has 0 amide bonds. The van der Waals surface area contributed by atoms with E-state index in [1.54, 1.807) is 24.3 Å². The molecule has 0 aliphatic carbocycles. The third-order valence-electron chi connectivity index (χ3n) is 2.64. The predicted molar refractivity (Wildman–Crippen MR) is 73.3 cm³/mol. The van der Waals surface area contributed by atoms with E-state index in [4.69, 9.17) is 5.26 Å². The zero-order valence-corrected chi connectivity index (χ0v) is 11.1. The molecule has 2 rings (SSSR count). The zero-order valence-electron chi connectivity index (χ0n) is 9.56. The van der Waals surface area contributed by atoms with Crippen LogP contribution in [0.5, 0.6) is 0 Å². The quantitative estimate of drug-likeness (QED) is 0.810. The molecule has 0 heterocycles. The highest BCUT2D eigenvalue weighted by molar-refractivity contribution is 9.10. The molecule has 0 aromatic heterocycles. The van der Waals surface area contributed by atoms with Crippen LogP contribution >= 0.6 is 15.9 Å². The van der Waals surface area contributed by atoms with Crippen molar-refractivity contribution in [2.45, 2.75) is 6.42 Å². The average Bonchev–Trinajstić information content (AvgIpc) is 2.41. The van der Waals surface area contributed by atoms with Crippen LogP contribution in [0.3, 0.4) is 0 Å². The maximum atomic E-state index is 12.1. The molecule has 18 heavy (non-hydrogen) atoms.